The highest BCUT2D eigenvalue weighted by atomic mass is 35.5. The topological polar surface area (TPSA) is 46.9 Å². The van der Waals surface area contributed by atoms with Crippen LogP contribution < -0.4 is 5.32 Å². The number of hydrogen-bond donors (Lipinski definition) is 1. The van der Waals surface area contributed by atoms with Gasteiger partial charge in [0.05, 0.1) is 12.4 Å². The second-order valence-corrected chi connectivity index (χ2v) is 6.53. The van der Waals surface area contributed by atoms with Gasteiger partial charge >= 0.3 is 0 Å². The number of carbonyl (C=O) groups excluding carboxylic acids is 1. The number of benzene rings is 1. The van der Waals surface area contributed by atoms with Crippen LogP contribution in [0.1, 0.15) is 22.9 Å². The van der Waals surface area contributed by atoms with E-state index in [0.717, 1.165) is 10.4 Å². The zero-order valence-corrected chi connectivity index (χ0v) is 13.9. The molecule has 2 heterocycles. The van der Waals surface area contributed by atoms with Crippen molar-refractivity contribution in [2.45, 2.75) is 19.0 Å². The Hall–Kier alpha value is -2.11. The largest absolute Gasteiger partial charge is 0.344 e. The fraction of sp³-hybridized carbons (Fsp3) is 0.176. The van der Waals surface area contributed by atoms with Gasteiger partial charge in [-0.15, -0.1) is 11.3 Å². The monoisotopic (exact) mass is 345 g/mol. The van der Waals surface area contributed by atoms with Crippen molar-refractivity contribution in [2.24, 2.45) is 0 Å². The Balaban J connectivity index is 1.71. The second kappa shape index (κ2) is 7.44. The van der Waals surface area contributed by atoms with Gasteiger partial charge in [0.25, 0.3) is 0 Å². The van der Waals surface area contributed by atoms with Crippen LogP contribution in [0.5, 0.6) is 0 Å². The Bertz CT molecular complexity index is 739. The van der Waals surface area contributed by atoms with Crippen molar-refractivity contribution in [3.8, 4) is 0 Å². The molecule has 0 bridgehead atoms. The third-order valence-electron chi connectivity index (χ3n) is 3.49. The Labute approximate surface area is 143 Å². The number of amides is 1. The van der Waals surface area contributed by atoms with E-state index in [0.29, 0.717) is 18.0 Å². The van der Waals surface area contributed by atoms with Crippen molar-refractivity contribution in [1.82, 2.24) is 14.9 Å². The summed E-state index contributed by atoms with van der Waals surface area (Å²) < 4.78 is 1.89. The van der Waals surface area contributed by atoms with E-state index in [9.17, 15) is 4.79 Å². The van der Waals surface area contributed by atoms with Gasteiger partial charge in [0.15, 0.2) is 0 Å². The zero-order valence-electron chi connectivity index (χ0n) is 12.4. The van der Waals surface area contributed by atoms with Gasteiger partial charge in [-0.25, -0.2) is 4.98 Å². The van der Waals surface area contributed by atoms with Crippen LogP contribution in [0, 0.1) is 0 Å². The van der Waals surface area contributed by atoms with E-state index in [4.69, 9.17) is 11.6 Å². The summed E-state index contributed by atoms with van der Waals surface area (Å²) in [5, 5.41) is 5.81. The Kier molecular flexibility index (Phi) is 5.10. The number of carbonyl (C=O) groups is 1. The SMILES string of the molecule is O=C(CCn1ccnc1)N[C@@H](c1ccc(Cl)cc1)c1cccs1. The molecule has 0 fully saturated rings. The molecule has 1 atom stereocenters. The third kappa shape index (κ3) is 4.21. The average molecular weight is 346 g/mol. The first-order valence-corrected chi connectivity index (χ1v) is 8.52. The predicted octanol–water partition coefficient (Wildman–Crippen LogP) is 3.89. The maximum atomic E-state index is 12.3. The molecule has 1 N–H and O–H groups in total. The van der Waals surface area contributed by atoms with Crippen LogP contribution in [-0.4, -0.2) is 15.5 Å². The van der Waals surface area contributed by atoms with Gasteiger partial charge in [0.2, 0.25) is 5.91 Å². The highest BCUT2D eigenvalue weighted by Crippen LogP contribution is 2.27. The Morgan fingerprint density at radius 3 is 2.78 bits per heavy atom. The minimum absolute atomic E-state index is 0.00653. The van der Waals surface area contributed by atoms with Crippen LogP contribution in [0.25, 0.3) is 0 Å². The molecule has 1 aromatic carbocycles. The van der Waals surface area contributed by atoms with Gasteiger partial charge < -0.3 is 9.88 Å². The number of nitrogens with zero attached hydrogens (tertiary/aromatic N) is 2. The third-order valence-corrected chi connectivity index (χ3v) is 4.68. The lowest BCUT2D eigenvalue weighted by atomic mass is 10.1. The summed E-state index contributed by atoms with van der Waals surface area (Å²) in [6.07, 6.45) is 5.68. The molecule has 3 rings (SSSR count). The molecule has 0 unspecified atom stereocenters. The molecule has 0 aliphatic heterocycles. The van der Waals surface area contributed by atoms with E-state index in [1.54, 1.807) is 23.9 Å². The van der Waals surface area contributed by atoms with Crippen LogP contribution in [0.15, 0.2) is 60.5 Å². The smallest absolute Gasteiger partial charge is 0.222 e. The van der Waals surface area contributed by atoms with Crippen molar-refractivity contribution in [3.63, 3.8) is 0 Å². The average Bonchev–Trinajstić information content (AvgIpc) is 3.25. The van der Waals surface area contributed by atoms with Gasteiger partial charge in [-0.1, -0.05) is 29.8 Å². The van der Waals surface area contributed by atoms with Gasteiger partial charge in [0, 0.05) is 35.3 Å². The first kappa shape index (κ1) is 15.8. The molecule has 0 aliphatic carbocycles. The second-order valence-electron chi connectivity index (χ2n) is 5.12. The quantitative estimate of drug-likeness (QED) is 0.736. The van der Waals surface area contributed by atoms with E-state index < -0.39 is 0 Å². The molecule has 0 saturated heterocycles. The fourth-order valence-corrected chi connectivity index (χ4v) is 3.24. The summed E-state index contributed by atoms with van der Waals surface area (Å²) in [6.45, 7) is 0.615. The van der Waals surface area contributed by atoms with Gasteiger partial charge in [0.1, 0.15) is 0 Å². The lowest BCUT2D eigenvalue weighted by molar-refractivity contribution is -0.121. The van der Waals surface area contributed by atoms with Crippen LogP contribution in [-0.2, 0) is 11.3 Å². The summed E-state index contributed by atoms with van der Waals surface area (Å²) in [5.41, 5.74) is 1.02. The van der Waals surface area contributed by atoms with Crippen LogP contribution >= 0.6 is 22.9 Å². The number of hydrogen-bond acceptors (Lipinski definition) is 3. The normalized spacial score (nSPS) is 12.0. The standard InChI is InChI=1S/C17H16ClN3OS/c18-14-5-3-13(4-6-14)17(15-2-1-11-23-15)20-16(22)7-9-21-10-8-19-12-21/h1-6,8,10-12,17H,7,9H2,(H,20,22)/t17-/m0/s1. The zero-order chi connectivity index (χ0) is 16.1. The van der Waals surface area contributed by atoms with Crippen molar-refractivity contribution in [1.29, 1.82) is 0 Å². The first-order valence-electron chi connectivity index (χ1n) is 7.26. The lowest BCUT2D eigenvalue weighted by Gasteiger charge is -2.18. The van der Waals surface area contributed by atoms with E-state index in [-0.39, 0.29) is 11.9 Å². The molecule has 0 saturated carbocycles. The highest BCUT2D eigenvalue weighted by molar-refractivity contribution is 7.10. The lowest BCUT2D eigenvalue weighted by Crippen LogP contribution is -2.29. The van der Waals surface area contributed by atoms with Crippen LogP contribution in [0.4, 0.5) is 0 Å². The van der Waals surface area contributed by atoms with E-state index in [2.05, 4.69) is 10.3 Å². The summed E-state index contributed by atoms with van der Waals surface area (Å²) in [6, 6.07) is 11.4. The number of halogens is 1. The fourth-order valence-electron chi connectivity index (χ4n) is 2.31. The number of aromatic nitrogens is 2. The van der Waals surface area contributed by atoms with Crippen LogP contribution in [0.2, 0.25) is 5.02 Å². The van der Waals surface area contributed by atoms with Crippen molar-refractivity contribution < 1.29 is 4.79 Å². The predicted molar refractivity (Wildman–Crippen MR) is 92.6 cm³/mol. The summed E-state index contributed by atoms with van der Waals surface area (Å²) >= 11 is 7.59. The van der Waals surface area contributed by atoms with E-state index >= 15 is 0 Å². The molecule has 6 heteroatoms. The number of thiophene rings is 1. The number of aryl methyl sites for hydroxylation is 1. The first-order chi connectivity index (χ1) is 11.2. The number of imidazole rings is 1. The molecule has 3 aromatic rings. The maximum absolute atomic E-state index is 12.3. The molecule has 0 aliphatic rings. The Morgan fingerprint density at radius 1 is 1.30 bits per heavy atom. The summed E-state index contributed by atoms with van der Waals surface area (Å²) in [5.74, 6) is 0.00653. The molecule has 118 valence electrons. The molecule has 0 radical (unpaired) electrons. The number of nitrogens with one attached hydrogen (secondary N) is 1. The molecule has 2 aromatic heterocycles. The van der Waals surface area contributed by atoms with Crippen molar-refractivity contribution in [2.75, 3.05) is 0 Å². The molecule has 0 spiro atoms. The van der Waals surface area contributed by atoms with Gasteiger partial charge in [-0.3, -0.25) is 4.79 Å². The van der Waals surface area contributed by atoms with E-state index in [1.165, 1.54) is 0 Å². The molecular formula is C17H16ClN3OS. The minimum Gasteiger partial charge on any atom is -0.344 e. The van der Waals surface area contributed by atoms with Gasteiger partial charge in [-0.05, 0) is 29.1 Å². The van der Waals surface area contributed by atoms with E-state index in [1.807, 2.05) is 52.5 Å². The molecular weight excluding hydrogens is 330 g/mol. The molecule has 1 amide bonds. The maximum Gasteiger partial charge on any atom is 0.222 e. The van der Waals surface area contributed by atoms with Crippen LogP contribution in [0.3, 0.4) is 0 Å². The molecule has 23 heavy (non-hydrogen) atoms. The molecule has 4 nitrogen and oxygen atoms in total. The highest BCUT2D eigenvalue weighted by Gasteiger charge is 2.17. The number of rotatable bonds is 6. The van der Waals surface area contributed by atoms with Crippen molar-refractivity contribution in [3.05, 3.63) is 76.0 Å². The summed E-state index contributed by atoms with van der Waals surface area (Å²) in [7, 11) is 0. The summed E-state index contributed by atoms with van der Waals surface area (Å²) in [4.78, 5) is 17.4. The van der Waals surface area contributed by atoms with Crippen molar-refractivity contribution >= 4 is 28.8 Å². The minimum atomic E-state index is -0.150. The Morgan fingerprint density at radius 2 is 2.13 bits per heavy atom. The van der Waals surface area contributed by atoms with Gasteiger partial charge in [-0.2, -0.15) is 0 Å².